The first-order valence-corrected chi connectivity index (χ1v) is 12.0. The Hall–Kier alpha value is -2.08. The van der Waals surface area contributed by atoms with Crippen LogP contribution in [0, 0.1) is 0 Å². The van der Waals surface area contributed by atoms with Crippen molar-refractivity contribution in [2.45, 2.75) is 30.6 Å². The van der Waals surface area contributed by atoms with Gasteiger partial charge < -0.3 is 45.6 Å². The summed E-state index contributed by atoms with van der Waals surface area (Å²) in [6.45, 7) is -1.73. The van der Waals surface area contributed by atoms with Crippen molar-refractivity contribution in [1.82, 2.24) is 19.5 Å². The molecule has 2 aromatic heterocycles. The maximum absolute atomic E-state index is 12.3. The highest BCUT2D eigenvalue weighted by molar-refractivity contribution is 7.46. The van der Waals surface area contributed by atoms with Gasteiger partial charge in [0, 0.05) is 0 Å². The fourth-order valence-corrected chi connectivity index (χ4v) is 3.62. The van der Waals surface area contributed by atoms with Crippen LogP contribution in [0.3, 0.4) is 0 Å². The second-order valence-corrected chi connectivity index (χ2v) is 9.20. The SMILES string of the molecule is Nc1ncnc2c1ncn2[C@@H]1O[C@H](CO[32P](=O)(O)O)[C@@H](OC(=O)[C@@H](N)COP(=O)(O)O)[C@H]1O. The highest BCUT2D eigenvalue weighted by atomic mass is 32.2. The molecule has 0 bridgehead atoms. The molecule has 18 nitrogen and oxygen atoms in total. The van der Waals surface area contributed by atoms with Gasteiger partial charge in [0.25, 0.3) is 0 Å². The summed E-state index contributed by atoms with van der Waals surface area (Å²) >= 11 is 0. The first kappa shape index (κ1) is 25.5. The number of carbonyl (C=O) groups is 1. The number of anilines is 1. The number of nitrogens with zero attached hydrogens (tertiary/aromatic N) is 4. The topological polar surface area (TPSA) is 285 Å². The van der Waals surface area contributed by atoms with Crippen molar-refractivity contribution in [2.75, 3.05) is 18.9 Å². The molecule has 1 saturated heterocycles. The van der Waals surface area contributed by atoms with Crippen molar-refractivity contribution >= 4 is 38.6 Å². The van der Waals surface area contributed by atoms with Crippen molar-refractivity contribution in [2.24, 2.45) is 5.73 Å². The van der Waals surface area contributed by atoms with Gasteiger partial charge in [0.1, 0.15) is 30.1 Å². The molecule has 1 fully saturated rings. The lowest BCUT2D eigenvalue weighted by atomic mass is 10.1. The van der Waals surface area contributed by atoms with Gasteiger partial charge in [-0.2, -0.15) is 0 Å². The molecule has 0 spiro atoms. The summed E-state index contributed by atoms with van der Waals surface area (Å²) in [4.78, 5) is 59.4. The number of rotatable bonds is 9. The van der Waals surface area contributed by atoms with Crippen LogP contribution in [0.4, 0.5) is 5.82 Å². The Kier molecular flexibility index (Phi) is 7.47. The Morgan fingerprint density at radius 1 is 1.18 bits per heavy atom. The molecule has 0 saturated carbocycles. The lowest BCUT2D eigenvalue weighted by Gasteiger charge is -2.22. The predicted molar refractivity (Wildman–Crippen MR) is 103 cm³/mol. The molecule has 9 N–H and O–H groups in total. The third kappa shape index (κ3) is 6.28. The van der Waals surface area contributed by atoms with E-state index in [-0.39, 0.29) is 17.0 Å². The number of aromatic nitrogens is 4. The number of carbonyl (C=O) groups excluding carboxylic acids is 1. The van der Waals surface area contributed by atoms with Crippen molar-refractivity contribution in [1.29, 1.82) is 0 Å². The van der Waals surface area contributed by atoms with Gasteiger partial charge in [0.05, 0.1) is 19.5 Å². The van der Waals surface area contributed by atoms with Crippen LogP contribution in [0.2, 0.25) is 0 Å². The summed E-state index contributed by atoms with van der Waals surface area (Å²) in [5, 5.41) is 10.8. The van der Waals surface area contributed by atoms with Crippen LogP contribution in [0.5, 0.6) is 0 Å². The highest BCUT2D eigenvalue weighted by Crippen LogP contribution is 2.40. The molecule has 5 atom stereocenters. The average molecular weight is 515 g/mol. The molecule has 0 aliphatic carbocycles. The van der Waals surface area contributed by atoms with E-state index in [0.717, 1.165) is 6.33 Å². The molecule has 0 radical (unpaired) electrons. The van der Waals surface area contributed by atoms with Crippen LogP contribution >= 0.6 is 15.6 Å². The third-order valence-electron chi connectivity index (χ3n) is 4.35. The number of aliphatic hydroxyl groups is 1. The van der Waals surface area contributed by atoms with Crippen LogP contribution in [0.25, 0.3) is 11.2 Å². The van der Waals surface area contributed by atoms with Crippen LogP contribution in [-0.2, 0) is 32.4 Å². The molecule has 0 amide bonds. The minimum Gasteiger partial charge on any atom is -0.455 e. The molecular weight excluding hydrogens is 495 g/mol. The zero-order chi connectivity index (χ0) is 24.6. The number of phosphoric acid groups is 2. The maximum atomic E-state index is 12.3. The van der Waals surface area contributed by atoms with Crippen molar-refractivity contribution < 1.29 is 57.1 Å². The van der Waals surface area contributed by atoms with E-state index in [1.807, 2.05) is 0 Å². The molecule has 184 valence electrons. The van der Waals surface area contributed by atoms with Gasteiger partial charge in [-0.15, -0.1) is 0 Å². The molecule has 2 aromatic rings. The number of fused-ring (bicyclic) bond motifs is 1. The Morgan fingerprint density at radius 3 is 2.48 bits per heavy atom. The van der Waals surface area contributed by atoms with Gasteiger partial charge in [-0.25, -0.2) is 24.1 Å². The molecular formula is C13H20N6O12P2. The summed E-state index contributed by atoms with van der Waals surface area (Å²) in [5.74, 6) is -1.22. The molecule has 0 unspecified atom stereocenters. The van der Waals surface area contributed by atoms with E-state index < -0.39 is 65.4 Å². The fraction of sp³-hybridized carbons (Fsp3) is 0.538. The summed E-state index contributed by atoms with van der Waals surface area (Å²) in [6, 6.07) is -1.67. The first-order valence-electron chi connectivity index (χ1n) is 8.89. The maximum Gasteiger partial charge on any atom is 0.469 e. The second kappa shape index (κ2) is 9.65. The van der Waals surface area contributed by atoms with Crippen LogP contribution in [-0.4, -0.2) is 87.7 Å². The van der Waals surface area contributed by atoms with Crippen molar-refractivity contribution in [3.63, 3.8) is 0 Å². The first-order chi connectivity index (χ1) is 15.3. The minimum absolute atomic E-state index is 0.0339. The number of aliphatic hydroxyl groups excluding tert-OH is 1. The second-order valence-electron chi connectivity index (χ2n) is 6.72. The standard InChI is InChI=1S/C13H20N6O12P2/c14-5(1-28-32(22,23)24)13(21)31-9-6(2-29-33(25,26)27)30-12(8(9)20)19-4-18-7-10(15)16-3-17-11(7)19/h3-6,8-9,12,20H,1-2,14H2,(H2,15,16,17)(H2,22,23,24)(H2,25,26,27)/t5-,6+,8+,9+,12+/m0/s1/i33+1. The van der Waals surface area contributed by atoms with E-state index in [1.54, 1.807) is 0 Å². The lowest BCUT2D eigenvalue weighted by Crippen LogP contribution is -2.44. The Balaban J connectivity index is 1.82. The average Bonchev–Trinajstić information content (AvgIpc) is 3.26. The number of esters is 1. The Morgan fingerprint density at radius 2 is 1.85 bits per heavy atom. The zero-order valence-electron chi connectivity index (χ0n) is 16.4. The molecule has 1 aliphatic heterocycles. The van der Waals surface area contributed by atoms with E-state index in [1.165, 1.54) is 10.9 Å². The van der Waals surface area contributed by atoms with Gasteiger partial charge >= 0.3 is 21.6 Å². The van der Waals surface area contributed by atoms with Crippen LogP contribution in [0.1, 0.15) is 6.23 Å². The summed E-state index contributed by atoms with van der Waals surface area (Å²) in [5.41, 5.74) is 11.5. The van der Waals surface area contributed by atoms with Crippen molar-refractivity contribution in [3.05, 3.63) is 12.7 Å². The van der Waals surface area contributed by atoms with Crippen LogP contribution in [0.15, 0.2) is 12.7 Å². The number of hydrogen-bond donors (Lipinski definition) is 7. The van der Waals surface area contributed by atoms with Gasteiger partial charge in [0.15, 0.2) is 23.8 Å². The largest absolute Gasteiger partial charge is 0.469 e. The quantitative estimate of drug-likeness (QED) is 0.130. The van der Waals surface area contributed by atoms with E-state index in [4.69, 9.17) is 40.5 Å². The monoisotopic (exact) mass is 515 g/mol. The smallest absolute Gasteiger partial charge is 0.455 e. The fourth-order valence-electron chi connectivity index (χ4n) is 2.92. The lowest BCUT2D eigenvalue weighted by molar-refractivity contribution is -0.158. The van der Waals surface area contributed by atoms with E-state index in [2.05, 4.69) is 24.0 Å². The summed E-state index contributed by atoms with van der Waals surface area (Å²) in [6.07, 6.45) is -3.63. The molecule has 0 aromatic carbocycles. The zero-order valence-corrected chi connectivity index (χ0v) is 18.2. The van der Waals surface area contributed by atoms with Gasteiger partial charge in [-0.05, 0) is 0 Å². The number of imidazole rings is 1. The molecule has 3 heterocycles. The van der Waals surface area contributed by atoms with Crippen molar-refractivity contribution in [3.8, 4) is 0 Å². The van der Waals surface area contributed by atoms with E-state index in [0.29, 0.717) is 0 Å². The van der Waals surface area contributed by atoms with E-state index >= 15 is 0 Å². The Bertz CT molecular complexity index is 1100. The van der Waals surface area contributed by atoms with Gasteiger partial charge in [0.2, 0.25) is 0 Å². The predicted octanol–water partition coefficient (Wildman–Crippen LogP) is -2.88. The molecule has 33 heavy (non-hydrogen) atoms. The number of hydrogen-bond acceptors (Lipinski definition) is 13. The van der Waals surface area contributed by atoms with E-state index in [9.17, 15) is 19.0 Å². The van der Waals surface area contributed by atoms with Crippen LogP contribution < -0.4 is 11.5 Å². The van der Waals surface area contributed by atoms with Gasteiger partial charge in [-0.1, -0.05) is 0 Å². The minimum atomic E-state index is -4.96. The molecule has 1 aliphatic rings. The normalized spacial score (nSPS) is 24.8. The Labute approximate surface area is 183 Å². The summed E-state index contributed by atoms with van der Waals surface area (Å²) in [7, 11) is -9.88. The number of nitrogen functional groups attached to an aromatic ring is 1. The molecule has 20 heteroatoms. The van der Waals surface area contributed by atoms with Gasteiger partial charge in [-0.3, -0.25) is 18.4 Å². The number of phosphoric ester groups is 2. The summed E-state index contributed by atoms with van der Waals surface area (Å²) < 4.78 is 42.4. The third-order valence-corrected chi connectivity index (χ3v) is 5.33. The number of nitrogens with two attached hydrogens (primary N) is 2. The molecule has 3 rings (SSSR count). The highest BCUT2D eigenvalue weighted by Gasteiger charge is 2.49. The number of ether oxygens (including phenoxy) is 2.